The van der Waals surface area contributed by atoms with Gasteiger partial charge in [0.05, 0.1) is 19.4 Å². The molecule has 1 aliphatic heterocycles. The predicted octanol–water partition coefficient (Wildman–Crippen LogP) is 4.69. The number of carbonyl (C=O) groups excluding carboxylic acids is 1. The molecule has 8 heteroatoms. The highest BCUT2D eigenvalue weighted by Crippen LogP contribution is 2.32. The van der Waals surface area contributed by atoms with E-state index in [0.29, 0.717) is 31.3 Å². The van der Waals surface area contributed by atoms with Crippen LogP contribution >= 0.6 is 0 Å². The summed E-state index contributed by atoms with van der Waals surface area (Å²) in [6.07, 6.45) is 0. The number of rotatable bonds is 7. The summed E-state index contributed by atoms with van der Waals surface area (Å²) < 4.78 is 11.2. The highest BCUT2D eigenvalue weighted by molar-refractivity contribution is 5.81. The average Bonchev–Trinajstić information content (AvgIpc) is 2.89. The molecule has 1 N–H and O–H groups in total. The van der Waals surface area contributed by atoms with Crippen LogP contribution in [0.3, 0.4) is 0 Å². The molecule has 0 saturated carbocycles. The summed E-state index contributed by atoms with van der Waals surface area (Å²) in [6.45, 7) is 9.24. The number of hydrogen-bond donors (Lipinski definition) is 1. The largest absolute Gasteiger partial charge is 0.494 e. The lowest BCUT2D eigenvalue weighted by Crippen LogP contribution is -2.54. The van der Waals surface area contributed by atoms with Crippen LogP contribution in [0.1, 0.15) is 18.2 Å². The van der Waals surface area contributed by atoms with E-state index in [1.807, 2.05) is 74.2 Å². The third-order valence-electron chi connectivity index (χ3n) is 6.13. The number of anilines is 3. The summed E-state index contributed by atoms with van der Waals surface area (Å²) in [6, 6.07) is 19.6. The van der Waals surface area contributed by atoms with Crippen LogP contribution in [0.25, 0.3) is 0 Å². The zero-order valence-electron chi connectivity index (χ0n) is 20.8. The van der Waals surface area contributed by atoms with Gasteiger partial charge in [0.1, 0.15) is 11.4 Å². The van der Waals surface area contributed by atoms with Gasteiger partial charge in [0.2, 0.25) is 5.88 Å². The van der Waals surface area contributed by atoms with Gasteiger partial charge in [-0.15, -0.1) is 0 Å². The summed E-state index contributed by atoms with van der Waals surface area (Å²) in [4.78, 5) is 22.0. The Balaban J connectivity index is 1.50. The van der Waals surface area contributed by atoms with Crippen molar-refractivity contribution in [3.8, 4) is 11.6 Å². The van der Waals surface area contributed by atoms with E-state index in [-0.39, 0.29) is 6.03 Å². The molecule has 2 heterocycles. The van der Waals surface area contributed by atoms with Gasteiger partial charge in [-0.05, 0) is 56.7 Å². The topological polar surface area (TPSA) is 70.2 Å². The molecule has 1 saturated heterocycles. The number of amides is 2. The van der Waals surface area contributed by atoms with Crippen molar-refractivity contribution in [3.05, 3.63) is 71.9 Å². The van der Waals surface area contributed by atoms with E-state index in [0.717, 1.165) is 41.5 Å². The van der Waals surface area contributed by atoms with Crippen molar-refractivity contribution in [2.24, 2.45) is 0 Å². The standard InChI is InChI=1S/C27H33N5O3/c1-5-35-24-13-9-12-23(19-24)30-14-16-31(17-15-30)27(33)29-32(22-10-7-6-8-11-22)25-18-20(2)21(3)28-26(25)34-4/h6-13,18-19H,5,14-17H2,1-4H3,(H,29,33). The van der Waals surface area contributed by atoms with Gasteiger partial charge < -0.3 is 19.3 Å². The van der Waals surface area contributed by atoms with Gasteiger partial charge in [0, 0.05) is 43.6 Å². The number of aromatic nitrogens is 1. The van der Waals surface area contributed by atoms with Crippen LogP contribution < -0.4 is 24.8 Å². The Hall–Kier alpha value is -3.94. The van der Waals surface area contributed by atoms with E-state index >= 15 is 0 Å². The first kappa shape index (κ1) is 24.2. The molecule has 0 bridgehead atoms. The minimum Gasteiger partial charge on any atom is -0.494 e. The van der Waals surface area contributed by atoms with E-state index in [9.17, 15) is 4.79 Å². The first-order valence-corrected chi connectivity index (χ1v) is 11.9. The number of para-hydroxylation sites is 1. The third-order valence-corrected chi connectivity index (χ3v) is 6.13. The summed E-state index contributed by atoms with van der Waals surface area (Å²) in [7, 11) is 1.59. The number of aryl methyl sites for hydroxylation is 2. The van der Waals surface area contributed by atoms with Gasteiger partial charge in [-0.2, -0.15) is 0 Å². The van der Waals surface area contributed by atoms with E-state index in [4.69, 9.17) is 9.47 Å². The molecule has 0 radical (unpaired) electrons. The Morgan fingerprint density at radius 2 is 1.77 bits per heavy atom. The smallest absolute Gasteiger partial charge is 0.336 e. The predicted molar refractivity (Wildman–Crippen MR) is 139 cm³/mol. The molecule has 4 rings (SSSR count). The fourth-order valence-corrected chi connectivity index (χ4v) is 4.09. The number of ether oxygens (including phenoxy) is 2. The number of pyridine rings is 1. The fraction of sp³-hybridized carbons (Fsp3) is 0.333. The van der Waals surface area contributed by atoms with Crippen LogP contribution in [0.15, 0.2) is 60.7 Å². The van der Waals surface area contributed by atoms with Crippen molar-refractivity contribution in [1.29, 1.82) is 0 Å². The van der Waals surface area contributed by atoms with Gasteiger partial charge >= 0.3 is 6.03 Å². The van der Waals surface area contributed by atoms with E-state index < -0.39 is 0 Å². The number of carbonyl (C=O) groups is 1. The molecule has 0 unspecified atom stereocenters. The first-order chi connectivity index (χ1) is 17.0. The zero-order chi connectivity index (χ0) is 24.8. The highest BCUT2D eigenvalue weighted by atomic mass is 16.5. The average molecular weight is 476 g/mol. The van der Waals surface area contributed by atoms with Gasteiger partial charge in [-0.3, -0.25) is 0 Å². The number of urea groups is 1. The van der Waals surface area contributed by atoms with E-state index in [1.165, 1.54) is 0 Å². The molecular weight excluding hydrogens is 442 g/mol. The number of hydrogen-bond acceptors (Lipinski definition) is 6. The van der Waals surface area contributed by atoms with Crippen LogP contribution in [0, 0.1) is 13.8 Å². The SMILES string of the molecule is CCOc1cccc(N2CCN(C(=O)NN(c3ccccc3)c3cc(C)c(C)nc3OC)CC2)c1. The molecular formula is C27H33N5O3. The normalized spacial score (nSPS) is 13.4. The van der Waals surface area contributed by atoms with E-state index in [1.54, 1.807) is 12.1 Å². The Labute approximate surface area is 207 Å². The molecule has 35 heavy (non-hydrogen) atoms. The summed E-state index contributed by atoms with van der Waals surface area (Å²) >= 11 is 0. The number of nitrogens with one attached hydrogen (secondary N) is 1. The van der Waals surface area contributed by atoms with Crippen molar-refractivity contribution in [3.63, 3.8) is 0 Å². The maximum absolute atomic E-state index is 13.4. The van der Waals surface area contributed by atoms with Crippen molar-refractivity contribution >= 4 is 23.1 Å². The summed E-state index contributed by atoms with van der Waals surface area (Å²) in [5, 5.41) is 1.75. The van der Waals surface area contributed by atoms with Crippen LogP contribution in [-0.2, 0) is 0 Å². The van der Waals surface area contributed by atoms with Crippen LogP contribution in [0.5, 0.6) is 11.6 Å². The van der Waals surface area contributed by atoms with Gasteiger partial charge in [-0.1, -0.05) is 24.3 Å². The molecule has 0 aliphatic carbocycles. The monoisotopic (exact) mass is 475 g/mol. The lowest BCUT2D eigenvalue weighted by atomic mass is 10.2. The maximum Gasteiger partial charge on any atom is 0.336 e. The molecule has 2 aromatic carbocycles. The van der Waals surface area contributed by atoms with Gasteiger partial charge in [0.25, 0.3) is 0 Å². The molecule has 2 amide bonds. The lowest BCUT2D eigenvalue weighted by molar-refractivity contribution is 0.194. The highest BCUT2D eigenvalue weighted by Gasteiger charge is 2.25. The molecule has 1 aliphatic rings. The van der Waals surface area contributed by atoms with Crippen LogP contribution in [-0.4, -0.2) is 55.8 Å². The van der Waals surface area contributed by atoms with Crippen molar-refractivity contribution in [2.45, 2.75) is 20.8 Å². The Kier molecular flexibility index (Phi) is 7.60. The second kappa shape index (κ2) is 11.0. The fourth-order valence-electron chi connectivity index (χ4n) is 4.09. The first-order valence-electron chi connectivity index (χ1n) is 11.9. The van der Waals surface area contributed by atoms with Crippen LogP contribution in [0.2, 0.25) is 0 Å². The lowest BCUT2D eigenvalue weighted by Gasteiger charge is -2.37. The quantitative estimate of drug-likeness (QED) is 0.500. The summed E-state index contributed by atoms with van der Waals surface area (Å²) in [5.41, 5.74) is 7.58. The Bertz CT molecular complexity index is 1150. The molecule has 3 aromatic rings. The number of hydrazine groups is 1. The molecule has 8 nitrogen and oxygen atoms in total. The van der Waals surface area contributed by atoms with Crippen molar-refractivity contribution < 1.29 is 14.3 Å². The Morgan fingerprint density at radius 3 is 2.46 bits per heavy atom. The zero-order valence-corrected chi connectivity index (χ0v) is 20.8. The molecule has 0 spiro atoms. The maximum atomic E-state index is 13.4. The van der Waals surface area contributed by atoms with Gasteiger partial charge in [-0.25, -0.2) is 20.2 Å². The molecule has 184 valence electrons. The minimum absolute atomic E-state index is 0.170. The summed E-state index contributed by atoms with van der Waals surface area (Å²) in [5.74, 6) is 1.32. The number of methoxy groups -OCH3 is 1. The van der Waals surface area contributed by atoms with E-state index in [2.05, 4.69) is 27.4 Å². The second-order valence-electron chi connectivity index (χ2n) is 8.41. The number of nitrogens with zero attached hydrogens (tertiary/aromatic N) is 4. The molecule has 1 aromatic heterocycles. The number of benzene rings is 2. The van der Waals surface area contributed by atoms with Gasteiger partial charge in [0.15, 0.2) is 0 Å². The van der Waals surface area contributed by atoms with Crippen molar-refractivity contribution in [2.75, 3.05) is 49.8 Å². The van der Waals surface area contributed by atoms with Crippen LogP contribution in [0.4, 0.5) is 21.9 Å². The Morgan fingerprint density at radius 1 is 1.03 bits per heavy atom. The third kappa shape index (κ3) is 5.59. The molecule has 0 atom stereocenters. The second-order valence-corrected chi connectivity index (χ2v) is 8.41. The minimum atomic E-state index is -0.170. The number of piperazine rings is 1. The van der Waals surface area contributed by atoms with Crippen molar-refractivity contribution in [1.82, 2.24) is 15.3 Å². The molecule has 1 fully saturated rings.